The largest absolute Gasteiger partial charge is 0.351 e. The first kappa shape index (κ1) is 12.6. The summed E-state index contributed by atoms with van der Waals surface area (Å²) in [6, 6.07) is 1.30. The van der Waals surface area contributed by atoms with E-state index in [2.05, 4.69) is 14.9 Å². The number of nitrogens with zero attached hydrogens (tertiary/aromatic N) is 4. The highest BCUT2D eigenvalue weighted by atomic mass is 35.5. The zero-order chi connectivity index (χ0) is 13.2. The lowest BCUT2D eigenvalue weighted by Gasteiger charge is -2.35. The van der Waals surface area contributed by atoms with Crippen LogP contribution < -0.4 is 9.80 Å². The average molecular weight is 299 g/mol. The van der Waals surface area contributed by atoms with Gasteiger partial charge in [-0.2, -0.15) is 0 Å². The second-order valence-corrected chi connectivity index (χ2v) is 5.56. The summed E-state index contributed by atoms with van der Waals surface area (Å²) in [6.45, 7) is 3.09. The molecule has 100 valence electrons. The van der Waals surface area contributed by atoms with Gasteiger partial charge in [-0.3, -0.25) is 0 Å². The van der Waals surface area contributed by atoms with Crippen LogP contribution >= 0.6 is 22.9 Å². The fourth-order valence-corrected chi connectivity index (χ4v) is 2.96. The number of thiazole rings is 1. The standard InChI is InChI=1S/C12H12ClFN4S/c13-9-7-10(14)11(16-8-9)17-2-4-18(5-3-17)12-15-1-6-19-12/h1,6-8H,2-5H2. The van der Waals surface area contributed by atoms with Crippen LogP contribution in [-0.4, -0.2) is 36.1 Å². The second-order valence-electron chi connectivity index (χ2n) is 4.25. The molecule has 0 radical (unpaired) electrons. The van der Waals surface area contributed by atoms with E-state index in [0.717, 1.165) is 31.3 Å². The Balaban J connectivity index is 1.70. The topological polar surface area (TPSA) is 32.3 Å². The zero-order valence-corrected chi connectivity index (χ0v) is 11.7. The minimum Gasteiger partial charge on any atom is -0.351 e. The molecule has 1 aliphatic rings. The molecule has 1 saturated heterocycles. The number of hydrogen-bond acceptors (Lipinski definition) is 5. The van der Waals surface area contributed by atoms with Gasteiger partial charge in [0.25, 0.3) is 0 Å². The molecule has 2 aromatic rings. The summed E-state index contributed by atoms with van der Waals surface area (Å²) < 4.78 is 13.8. The maximum atomic E-state index is 13.8. The first-order chi connectivity index (χ1) is 9.24. The van der Waals surface area contributed by atoms with Crippen LogP contribution in [0, 0.1) is 5.82 Å². The highest BCUT2D eigenvalue weighted by Gasteiger charge is 2.21. The predicted molar refractivity (Wildman–Crippen MR) is 75.7 cm³/mol. The highest BCUT2D eigenvalue weighted by Crippen LogP contribution is 2.23. The van der Waals surface area contributed by atoms with E-state index < -0.39 is 0 Å². The summed E-state index contributed by atoms with van der Waals surface area (Å²) in [4.78, 5) is 12.5. The number of pyridine rings is 1. The summed E-state index contributed by atoms with van der Waals surface area (Å²) in [6.07, 6.45) is 3.28. The van der Waals surface area contributed by atoms with Crippen LogP contribution in [-0.2, 0) is 0 Å². The van der Waals surface area contributed by atoms with Gasteiger partial charge in [-0.1, -0.05) is 11.6 Å². The fraction of sp³-hybridized carbons (Fsp3) is 0.333. The highest BCUT2D eigenvalue weighted by molar-refractivity contribution is 7.13. The van der Waals surface area contributed by atoms with Crippen molar-refractivity contribution in [3.63, 3.8) is 0 Å². The van der Waals surface area contributed by atoms with Gasteiger partial charge >= 0.3 is 0 Å². The quantitative estimate of drug-likeness (QED) is 0.853. The summed E-state index contributed by atoms with van der Waals surface area (Å²) in [5.74, 6) is 0.0124. The number of anilines is 2. The average Bonchev–Trinajstić information content (AvgIpc) is 2.93. The van der Waals surface area contributed by atoms with Gasteiger partial charge in [0.1, 0.15) is 0 Å². The first-order valence-corrected chi connectivity index (χ1v) is 7.20. The summed E-state index contributed by atoms with van der Waals surface area (Å²) in [5.41, 5.74) is 0. The van der Waals surface area contributed by atoms with Crippen LogP contribution in [0.4, 0.5) is 15.3 Å². The van der Waals surface area contributed by atoms with Gasteiger partial charge in [0.2, 0.25) is 0 Å². The molecule has 0 aromatic carbocycles. The van der Waals surface area contributed by atoms with Crippen LogP contribution in [0.15, 0.2) is 23.8 Å². The molecule has 3 rings (SSSR count). The van der Waals surface area contributed by atoms with Crippen molar-refractivity contribution in [2.24, 2.45) is 0 Å². The van der Waals surface area contributed by atoms with E-state index in [1.54, 1.807) is 17.5 Å². The summed E-state index contributed by atoms with van der Waals surface area (Å²) >= 11 is 7.33. The van der Waals surface area contributed by atoms with Crippen molar-refractivity contribution in [2.45, 2.75) is 0 Å². The van der Waals surface area contributed by atoms with E-state index in [4.69, 9.17) is 11.6 Å². The molecule has 19 heavy (non-hydrogen) atoms. The molecule has 0 saturated carbocycles. The summed E-state index contributed by atoms with van der Waals surface area (Å²) in [5, 5.41) is 3.30. The normalized spacial score (nSPS) is 15.9. The van der Waals surface area contributed by atoms with Gasteiger partial charge in [-0.25, -0.2) is 14.4 Å². The van der Waals surface area contributed by atoms with Crippen LogP contribution in [0.25, 0.3) is 0 Å². The minimum atomic E-state index is -0.366. The minimum absolute atomic E-state index is 0.322. The lowest BCUT2D eigenvalue weighted by Crippen LogP contribution is -2.47. The number of aromatic nitrogens is 2. The van der Waals surface area contributed by atoms with E-state index >= 15 is 0 Å². The molecule has 0 unspecified atom stereocenters. The Bertz CT molecular complexity index is 555. The van der Waals surface area contributed by atoms with E-state index in [0.29, 0.717) is 10.8 Å². The molecule has 0 bridgehead atoms. The molecule has 0 aliphatic carbocycles. The summed E-state index contributed by atoms with van der Waals surface area (Å²) in [7, 11) is 0. The Morgan fingerprint density at radius 1 is 1.16 bits per heavy atom. The van der Waals surface area contributed by atoms with Gasteiger partial charge in [0.05, 0.1) is 5.02 Å². The lowest BCUT2D eigenvalue weighted by molar-refractivity contribution is 0.588. The Hall–Kier alpha value is -1.40. The molecule has 1 aliphatic heterocycles. The van der Waals surface area contributed by atoms with Gasteiger partial charge in [0, 0.05) is 44.0 Å². The van der Waals surface area contributed by atoms with Crippen LogP contribution in [0.3, 0.4) is 0 Å². The van der Waals surface area contributed by atoms with Crippen LogP contribution in [0.2, 0.25) is 5.02 Å². The van der Waals surface area contributed by atoms with E-state index in [-0.39, 0.29) is 5.82 Å². The molecule has 4 nitrogen and oxygen atoms in total. The van der Waals surface area contributed by atoms with E-state index in [1.807, 2.05) is 10.3 Å². The molecule has 0 amide bonds. The third-order valence-corrected chi connectivity index (χ3v) is 4.10. The Morgan fingerprint density at radius 3 is 2.53 bits per heavy atom. The number of halogens is 2. The van der Waals surface area contributed by atoms with E-state index in [1.165, 1.54) is 12.3 Å². The number of piperazine rings is 1. The van der Waals surface area contributed by atoms with Crippen molar-refractivity contribution in [3.8, 4) is 0 Å². The predicted octanol–water partition coefficient (Wildman–Crippen LogP) is 2.66. The smallest absolute Gasteiger partial charge is 0.185 e. The second kappa shape index (κ2) is 5.30. The van der Waals surface area contributed by atoms with Crippen molar-refractivity contribution < 1.29 is 4.39 Å². The molecular weight excluding hydrogens is 287 g/mol. The molecule has 0 atom stereocenters. The first-order valence-electron chi connectivity index (χ1n) is 5.94. The fourth-order valence-electron chi connectivity index (χ4n) is 2.12. The molecule has 1 fully saturated rings. The Morgan fingerprint density at radius 2 is 1.89 bits per heavy atom. The molecular formula is C12H12ClFN4S. The van der Waals surface area contributed by atoms with Crippen molar-refractivity contribution in [3.05, 3.63) is 34.7 Å². The van der Waals surface area contributed by atoms with Crippen LogP contribution in [0.1, 0.15) is 0 Å². The van der Waals surface area contributed by atoms with Crippen molar-refractivity contribution >= 4 is 33.9 Å². The SMILES string of the molecule is Fc1cc(Cl)cnc1N1CCN(c2nccs2)CC1. The maximum Gasteiger partial charge on any atom is 0.185 e. The van der Waals surface area contributed by atoms with E-state index in [9.17, 15) is 4.39 Å². The lowest BCUT2D eigenvalue weighted by atomic mass is 10.3. The number of hydrogen-bond donors (Lipinski definition) is 0. The van der Waals surface area contributed by atoms with Crippen molar-refractivity contribution in [1.29, 1.82) is 0 Å². The van der Waals surface area contributed by atoms with Crippen LogP contribution in [0.5, 0.6) is 0 Å². The van der Waals surface area contributed by atoms with Gasteiger partial charge in [-0.15, -0.1) is 11.3 Å². The van der Waals surface area contributed by atoms with Crippen molar-refractivity contribution in [1.82, 2.24) is 9.97 Å². The van der Waals surface area contributed by atoms with Gasteiger partial charge < -0.3 is 9.80 Å². The third-order valence-electron chi connectivity index (χ3n) is 3.06. The molecule has 2 aromatic heterocycles. The monoisotopic (exact) mass is 298 g/mol. The molecule has 7 heteroatoms. The zero-order valence-electron chi connectivity index (χ0n) is 10.1. The third kappa shape index (κ3) is 2.64. The number of rotatable bonds is 2. The molecule has 0 N–H and O–H groups in total. The maximum absolute atomic E-state index is 13.8. The Kier molecular flexibility index (Phi) is 3.52. The van der Waals surface area contributed by atoms with Gasteiger partial charge in [0.15, 0.2) is 16.8 Å². The van der Waals surface area contributed by atoms with Gasteiger partial charge in [-0.05, 0) is 6.07 Å². The Labute approximate surface area is 119 Å². The molecule has 3 heterocycles. The van der Waals surface area contributed by atoms with Crippen molar-refractivity contribution in [2.75, 3.05) is 36.0 Å². The molecule has 0 spiro atoms.